The maximum atomic E-state index is 11.8. The molecule has 0 fully saturated rings. The summed E-state index contributed by atoms with van der Waals surface area (Å²) in [5.74, 6) is -0.596. The Morgan fingerprint density at radius 2 is 2.10 bits per heavy atom. The lowest BCUT2D eigenvalue weighted by molar-refractivity contribution is -0.124. The SMILES string of the molecule is CNC(=O)C(C)CN(C)Cc1cccc(N)c1C(=O)OC. The maximum absolute atomic E-state index is 11.8. The number of rotatable bonds is 6. The summed E-state index contributed by atoms with van der Waals surface area (Å²) >= 11 is 0. The number of nitrogens with zero attached hydrogens (tertiary/aromatic N) is 1. The fourth-order valence-electron chi connectivity index (χ4n) is 2.25. The molecule has 0 bridgehead atoms. The quantitative estimate of drug-likeness (QED) is 0.600. The molecule has 0 radical (unpaired) electrons. The van der Waals surface area contributed by atoms with Crippen molar-refractivity contribution >= 4 is 17.6 Å². The molecule has 0 aliphatic rings. The molecule has 0 aliphatic heterocycles. The molecule has 6 nitrogen and oxygen atoms in total. The van der Waals surface area contributed by atoms with Crippen LogP contribution in [-0.4, -0.2) is 44.5 Å². The highest BCUT2D eigenvalue weighted by atomic mass is 16.5. The van der Waals surface area contributed by atoms with Crippen molar-refractivity contribution in [2.75, 3.05) is 33.5 Å². The van der Waals surface area contributed by atoms with Gasteiger partial charge in [0.2, 0.25) is 5.91 Å². The molecular formula is C15H23N3O3. The molecule has 1 rings (SSSR count). The molecule has 116 valence electrons. The number of hydrogen-bond donors (Lipinski definition) is 2. The van der Waals surface area contributed by atoms with Crippen LogP contribution in [0.25, 0.3) is 0 Å². The summed E-state index contributed by atoms with van der Waals surface area (Å²) in [7, 11) is 4.84. The standard InChI is InChI=1S/C15H23N3O3/c1-10(14(19)17-2)8-18(3)9-11-6-5-7-12(16)13(11)15(20)21-4/h5-7,10H,8-9,16H2,1-4H3,(H,17,19). The van der Waals surface area contributed by atoms with Crippen LogP contribution in [0.5, 0.6) is 0 Å². The summed E-state index contributed by atoms with van der Waals surface area (Å²) in [6.45, 7) is 2.95. The molecule has 0 saturated heterocycles. The number of methoxy groups -OCH3 is 1. The molecule has 3 N–H and O–H groups in total. The Labute approximate surface area is 125 Å². The van der Waals surface area contributed by atoms with Gasteiger partial charge < -0.3 is 20.7 Å². The van der Waals surface area contributed by atoms with E-state index in [1.165, 1.54) is 7.11 Å². The van der Waals surface area contributed by atoms with Gasteiger partial charge in [0.25, 0.3) is 0 Å². The monoisotopic (exact) mass is 293 g/mol. The molecule has 0 saturated carbocycles. The Morgan fingerprint density at radius 1 is 1.43 bits per heavy atom. The van der Waals surface area contributed by atoms with E-state index < -0.39 is 5.97 Å². The van der Waals surface area contributed by atoms with Gasteiger partial charge in [0.1, 0.15) is 0 Å². The van der Waals surface area contributed by atoms with Crippen LogP contribution in [0.4, 0.5) is 5.69 Å². The molecule has 1 aromatic rings. The van der Waals surface area contributed by atoms with Gasteiger partial charge in [-0.3, -0.25) is 4.79 Å². The fraction of sp³-hybridized carbons (Fsp3) is 0.467. The van der Waals surface area contributed by atoms with E-state index in [1.807, 2.05) is 24.9 Å². The molecule has 1 atom stereocenters. The van der Waals surface area contributed by atoms with Crippen LogP contribution in [-0.2, 0) is 16.1 Å². The van der Waals surface area contributed by atoms with Gasteiger partial charge in [-0.25, -0.2) is 4.79 Å². The third-order valence-electron chi connectivity index (χ3n) is 3.29. The van der Waals surface area contributed by atoms with Crippen LogP contribution < -0.4 is 11.1 Å². The van der Waals surface area contributed by atoms with Crippen LogP contribution in [0, 0.1) is 5.92 Å². The summed E-state index contributed by atoms with van der Waals surface area (Å²) in [5.41, 5.74) is 7.43. The minimum absolute atomic E-state index is 0.0115. The highest BCUT2D eigenvalue weighted by molar-refractivity contribution is 5.96. The fourth-order valence-corrected chi connectivity index (χ4v) is 2.25. The first-order valence-corrected chi connectivity index (χ1v) is 6.76. The number of anilines is 1. The zero-order valence-corrected chi connectivity index (χ0v) is 13.0. The summed E-state index contributed by atoms with van der Waals surface area (Å²) in [5, 5.41) is 2.62. The van der Waals surface area contributed by atoms with Gasteiger partial charge in [0.15, 0.2) is 0 Å². The van der Waals surface area contributed by atoms with E-state index in [9.17, 15) is 9.59 Å². The number of nitrogen functional groups attached to an aromatic ring is 1. The first-order valence-electron chi connectivity index (χ1n) is 6.76. The summed E-state index contributed by atoms with van der Waals surface area (Å²) in [6, 6.07) is 5.31. The Hall–Kier alpha value is -2.08. The number of carbonyl (C=O) groups excluding carboxylic acids is 2. The van der Waals surface area contributed by atoms with Crippen LogP contribution >= 0.6 is 0 Å². The van der Waals surface area contributed by atoms with Gasteiger partial charge in [0.05, 0.1) is 12.7 Å². The molecule has 0 aliphatic carbocycles. The third-order valence-corrected chi connectivity index (χ3v) is 3.29. The van der Waals surface area contributed by atoms with Crippen molar-refractivity contribution in [3.05, 3.63) is 29.3 Å². The smallest absolute Gasteiger partial charge is 0.340 e. The second kappa shape index (κ2) is 7.64. The first kappa shape index (κ1) is 17.0. The number of carbonyl (C=O) groups is 2. The lowest BCUT2D eigenvalue weighted by Gasteiger charge is -2.21. The number of esters is 1. The summed E-state index contributed by atoms with van der Waals surface area (Å²) in [4.78, 5) is 25.3. The van der Waals surface area contributed by atoms with Crippen molar-refractivity contribution in [3.63, 3.8) is 0 Å². The number of amides is 1. The molecule has 6 heteroatoms. The van der Waals surface area contributed by atoms with E-state index in [4.69, 9.17) is 10.5 Å². The van der Waals surface area contributed by atoms with Gasteiger partial charge >= 0.3 is 5.97 Å². The number of ether oxygens (including phenoxy) is 1. The van der Waals surface area contributed by atoms with E-state index >= 15 is 0 Å². The van der Waals surface area contributed by atoms with Crippen molar-refractivity contribution in [2.45, 2.75) is 13.5 Å². The summed E-state index contributed by atoms with van der Waals surface area (Å²) < 4.78 is 4.77. The first-order chi connectivity index (χ1) is 9.90. The molecule has 0 heterocycles. The van der Waals surface area contributed by atoms with Crippen LogP contribution in [0.1, 0.15) is 22.8 Å². The average Bonchev–Trinajstić information content (AvgIpc) is 2.45. The minimum Gasteiger partial charge on any atom is -0.465 e. The Kier molecular flexibility index (Phi) is 6.17. The topological polar surface area (TPSA) is 84.7 Å². The van der Waals surface area contributed by atoms with Crippen molar-refractivity contribution in [1.82, 2.24) is 10.2 Å². The van der Waals surface area contributed by atoms with Crippen LogP contribution in [0.3, 0.4) is 0 Å². The second-order valence-electron chi connectivity index (χ2n) is 5.08. The highest BCUT2D eigenvalue weighted by Gasteiger charge is 2.18. The van der Waals surface area contributed by atoms with Crippen molar-refractivity contribution < 1.29 is 14.3 Å². The van der Waals surface area contributed by atoms with Gasteiger partial charge in [-0.1, -0.05) is 19.1 Å². The van der Waals surface area contributed by atoms with Crippen molar-refractivity contribution in [3.8, 4) is 0 Å². The third kappa shape index (κ3) is 4.46. The van der Waals surface area contributed by atoms with Crippen molar-refractivity contribution in [1.29, 1.82) is 0 Å². The summed E-state index contributed by atoms with van der Waals surface area (Å²) in [6.07, 6.45) is 0. The molecule has 0 aromatic heterocycles. The Balaban J connectivity index is 2.85. The van der Waals surface area contributed by atoms with Crippen LogP contribution in [0.15, 0.2) is 18.2 Å². The maximum Gasteiger partial charge on any atom is 0.340 e. The van der Waals surface area contributed by atoms with Gasteiger partial charge in [-0.15, -0.1) is 0 Å². The molecule has 0 spiro atoms. The van der Waals surface area contributed by atoms with E-state index in [0.29, 0.717) is 24.3 Å². The minimum atomic E-state index is -0.448. The van der Waals surface area contributed by atoms with Gasteiger partial charge in [0, 0.05) is 31.7 Å². The normalized spacial score (nSPS) is 12.0. The highest BCUT2D eigenvalue weighted by Crippen LogP contribution is 2.20. The second-order valence-corrected chi connectivity index (χ2v) is 5.08. The largest absolute Gasteiger partial charge is 0.465 e. The zero-order valence-electron chi connectivity index (χ0n) is 13.0. The Bertz CT molecular complexity index is 517. The number of nitrogens with one attached hydrogen (secondary N) is 1. The molecular weight excluding hydrogens is 270 g/mol. The van der Waals surface area contributed by atoms with E-state index in [0.717, 1.165) is 5.56 Å². The van der Waals surface area contributed by atoms with E-state index in [-0.39, 0.29) is 11.8 Å². The lowest BCUT2D eigenvalue weighted by Crippen LogP contribution is -2.34. The average molecular weight is 293 g/mol. The predicted molar refractivity (Wildman–Crippen MR) is 81.8 cm³/mol. The van der Waals surface area contributed by atoms with E-state index in [1.54, 1.807) is 19.2 Å². The van der Waals surface area contributed by atoms with Crippen LogP contribution in [0.2, 0.25) is 0 Å². The van der Waals surface area contributed by atoms with Crippen molar-refractivity contribution in [2.24, 2.45) is 5.92 Å². The predicted octanol–water partition coefficient (Wildman–Crippen LogP) is 0.869. The zero-order chi connectivity index (χ0) is 16.0. The Morgan fingerprint density at radius 3 is 2.67 bits per heavy atom. The molecule has 1 unspecified atom stereocenters. The van der Waals surface area contributed by atoms with Gasteiger partial charge in [-0.05, 0) is 18.7 Å². The van der Waals surface area contributed by atoms with E-state index in [2.05, 4.69) is 5.32 Å². The molecule has 1 amide bonds. The number of benzene rings is 1. The number of nitrogens with two attached hydrogens (primary N) is 1. The molecule has 1 aromatic carbocycles. The molecule has 21 heavy (non-hydrogen) atoms. The lowest BCUT2D eigenvalue weighted by atomic mass is 10.0. The van der Waals surface area contributed by atoms with Gasteiger partial charge in [-0.2, -0.15) is 0 Å². The number of hydrogen-bond acceptors (Lipinski definition) is 5.